The van der Waals surface area contributed by atoms with Crippen LogP contribution in [0.3, 0.4) is 0 Å². The quantitative estimate of drug-likeness (QED) is 0.595. The van der Waals surface area contributed by atoms with Crippen molar-refractivity contribution in [2.45, 2.75) is 32.0 Å². The van der Waals surface area contributed by atoms with Crippen LogP contribution < -0.4 is 9.64 Å². The van der Waals surface area contributed by atoms with Gasteiger partial charge in [0.1, 0.15) is 11.9 Å². The Kier molecular flexibility index (Phi) is 7.40. The number of rotatable bonds is 7. The zero-order valence-electron chi connectivity index (χ0n) is 20.8. The summed E-state index contributed by atoms with van der Waals surface area (Å²) in [6, 6.07) is 18.2. The summed E-state index contributed by atoms with van der Waals surface area (Å²) in [5, 5.41) is 0. The number of nitrogens with zero attached hydrogens (tertiary/aromatic N) is 2. The third kappa shape index (κ3) is 5.24. The Morgan fingerprint density at radius 1 is 0.971 bits per heavy atom. The predicted molar refractivity (Wildman–Crippen MR) is 138 cm³/mol. The lowest BCUT2D eigenvalue weighted by atomic mass is 9.73. The van der Waals surface area contributed by atoms with Gasteiger partial charge in [0.15, 0.2) is 5.78 Å². The van der Waals surface area contributed by atoms with Gasteiger partial charge in [0, 0.05) is 44.3 Å². The average Bonchev–Trinajstić information content (AvgIpc) is 2.91. The zero-order valence-corrected chi connectivity index (χ0v) is 20.8. The number of carbonyl (C=O) groups excluding carboxylic acids is 1. The van der Waals surface area contributed by atoms with E-state index in [2.05, 4.69) is 47.1 Å². The molecule has 4 atom stereocenters. The van der Waals surface area contributed by atoms with Crippen molar-refractivity contribution in [1.82, 2.24) is 4.90 Å². The minimum atomic E-state index is -0.113. The molecule has 0 aromatic heterocycles. The average molecular weight is 477 g/mol. The first-order valence-electron chi connectivity index (χ1n) is 12.8. The van der Waals surface area contributed by atoms with E-state index in [4.69, 9.17) is 14.2 Å². The van der Waals surface area contributed by atoms with Crippen molar-refractivity contribution >= 4 is 17.0 Å². The number of para-hydroxylation sites is 1. The van der Waals surface area contributed by atoms with E-state index in [9.17, 15) is 4.79 Å². The standard InChI is InChI=1S/C29H36N2O4/c1-21-27(34-19-18-30-14-16-31(17-15-30)23-6-4-3-5-7-23)13-12-25-28(32)26(20-35-29(21)25)22-8-10-24(33-2)11-9-22/h3-11,20-21,25,27,29H,12-19H2,1-2H3. The molecule has 2 aromatic carbocycles. The Labute approximate surface area is 208 Å². The first kappa shape index (κ1) is 23.9. The van der Waals surface area contributed by atoms with E-state index in [1.165, 1.54) is 5.69 Å². The van der Waals surface area contributed by atoms with Gasteiger partial charge in [0.25, 0.3) is 0 Å². The second-order valence-corrected chi connectivity index (χ2v) is 9.84. The van der Waals surface area contributed by atoms with Crippen LogP contribution in [0.1, 0.15) is 25.3 Å². The molecule has 0 bridgehead atoms. The summed E-state index contributed by atoms with van der Waals surface area (Å²) in [6.45, 7) is 8.04. The summed E-state index contributed by atoms with van der Waals surface area (Å²) in [5.41, 5.74) is 2.85. The van der Waals surface area contributed by atoms with Crippen LogP contribution in [0.15, 0.2) is 60.9 Å². The van der Waals surface area contributed by atoms with Gasteiger partial charge >= 0.3 is 0 Å². The number of hydrogen-bond acceptors (Lipinski definition) is 6. The monoisotopic (exact) mass is 476 g/mol. The Morgan fingerprint density at radius 2 is 1.71 bits per heavy atom. The van der Waals surface area contributed by atoms with Crippen molar-refractivity contribution in [2.24, 2.45) is 11.8 Å². The topological polar surface area (TPSA) is 51.2 Å². The highest BCUT2D eigenvalue weighted by Gasteiger charge is 2.45. The molecule has 35 heavy (non-hydrogen) atoms. The van der Waals surface area contributed by atoms with E-state index >= 15 is 0 Å². The van der Waals surface area contributed by atoms with Crippen molar-refractivity contribution in [2.75, 3.05) is 51.3 Å². The molecule has 2 aromatic rings. The van der Waals surface area contributed by atoms with Gasteiger partial charge in [-0.2, -0.15) is 0 Å². The minimum Gasteiger partial charge on any atom is -0.497 e. The summed E-state index contributed by atoms with van der Waals surface area (Å²) >= 11 is 0. The first-order valence-corrected chi connectivity index (χ1v) is 12.8. The molecule has 0 spiro atoms. The second-order valence-electron chi connectivity index (χ2n) is 9.84. The van der Waals surface area contributed by atoms with E-state index in [1.807, 2.05) is 24.3 Å². The minimum absolute atomic E-state index is 0.0991. The van der Waals surface area contributed by atoms with Crippen LogP contribution in [0.2, 0.25) is 0 Å². The summed E-state index contributed by atoms with van der Waals surface area (Å²) in [7, 11) is 1.64. The van der Waals surface area contributed by atoms with Crippen molar-refractivity contribution in [3.05, 3.63) is 66.4 Å². The van der Waals surface area contributed by atoms with Crippen LogP contribution in [-0.2, 0) is 14.3 Å². The molecule has 1 saturated carbocycles. The Morgan fingerprint density at radius 3 is 2.43 bits per heavy atom. The Hall–Kier alpha value is -2.83. The Bertz CT molecular complexity index is 1010. The molecule has 3 aliphatic rings. The second kappa shape index (κ2) is 10.8. The number of ketones is 1. The van der Waals surface area contributed by atoms with Crippen LogP contribution >= 0.6 is 0 Å². The summed E-state index contributed by atoms with van der Waals surface area (Å²) < 4.78 is 17.7. The van der Waals surface area contributed by atoms with Gasteiger partial charge in [-0.05, 0) is 42.7 Å². The lowest BCUT2D eigenvalue weighted by Gasteiger charge is -2.42. The van der Waals surface area contributed by atoms with Gasteiger partial charge in [-0.3, -0.25) is 9.69 Å². The summed E-state index contributed by atoms with van der Waals surface area (Å²) in [4.78, 5) is 18.2. The SMILES string of the molecule is COc1ccc(C2=COC3C(CCC(OCCN4CCN(c5ccccc5)CC4)C3C)C2=O)cc1. The lowest BCUT2D eigenvalue weighted by molar-refractivity contribution is -0.135. The number of Topliss-reactive ketones (excluding diaryl/α,β-unsaturated/α-hetero) is 1. The zero-order chi connectivity index (χ0) is 24.2. The van der Waals surface area contributed by atoms with Crippen molar-refractivity contribution in [1.29, 1.82) is 0 Å². The van der Waals surface area contributed by atoms with Gasteiger partial charge < -0.3 is 19.1 Å². The number of benzene rings is 2. The molecule has 0 N–H and O–H groups in total. The molecule has 6 heteroatoms. The van der Waals surface area contributed by atoms with E-state index in [-0.39, 0.29) is 29.8 Å². The molecule has 2 fully saturated rings. The molecule has 186 valence electrons. The number of methoxy groups -OCH3 is 1. The fourth-order valence-electron chi connectivity index (χ4n) is 5.67. The fraction of sp³-hybridized carbons (Fsp3) is 0.483. The van der Waals surface area contributed by atoms with Crippen LogP contribution in [0, 0.1) is 11.8 Å². The summed E-state index contributed by atoms with van der Waals surface area (Å²) in [5.74, 6) is 1.05. The van der Waals surface area contributed by atoms with Gasteiger partial charge in [-0.25, -0.2) is 0 Å². The number of fused-ring (bicyclic) bond motifs is 1. The molecule has 4 unspecified atom stereocenters. The number of anilines is 1. The predicted octanol–water partition coefficient (Wildman–Crippen LogP) is 4.26. The molecule has 1 saturated heterocycles. The van der Waals surface area contributed by atoms with Crippen molar-refractivity contribution < 1.29 is 19.0 Å². The van der Waals surface area contributed by atoms with Gasteiger partial charge in [-0.1, -0.05) is 37.3 Å². The van der Waals surface area contributed by atoms with Crippen LogP contribution in [-0.4, -0.2) is 69.3 Å². The molecule has 6 nitrogen and oxygen atoms in total. The van der Waals surface area contributed by atoms with E-state index in [1.54, 1.807) is 13.4 Å². The molecule has 1 aliphatic carbocycles. The number of carbonyl (C=O) groups is 1. The summed E-state index contributed by atoms with van der Waals surface area (Å²) in [6.07, 6.45) is 3.39. The van der Waals surface area contributed by atoms with E-state index in [0.717, 1.165) is 63.5 Å². The molecule has 2 heterocycles. The smallest absolute Gasteiger partial charge is 0.173 e. The van der Waals surface area contributed by atoms with Crippen LogP contribution in [0.25, 0.3) is 5.57 Å². The molecular formula is C29H36N2O4. The molecule has 0 amide bonds. The van der Waals surface area contributed by atoms with E-state index in [0.29, 0.717) is 5.57 Å². The van der Waals surface area contributed by atoms with E-state index < -0.39 is 0 Å². The Balaban J connectivity index is 1.10. The fourth-order valence-corrected chi connectivity index (χ4v) is 5.67. The number of ether oxygens (including phenoxy) is 3. The number of piperazine rings is 1. The highest BCUT2D eigenvalue weighted by atomic mass is 16.5. The highest BCUT2D eigenvalue weighted by molar-refractivity contribution is 6.22. The largest absolute Gasteiger partial charge is 0.497 e. The number of allylic oxidation sites excluding steroid dienone is 1. The third-order valence-corrected chi connectivity index (χ3v) is 7.84. The molecule has 2 aliphatic heterocycles. The molecular weight excluding hydrogens is 440 g/mol. The van der Waals surface area contributed by atoms with Gasteiger partial charge in [0.05, 0.1) is 37.6 Å². The van der Waals surface area contributed by atoms with Crippen LogP contribution in [0.4, 0.5) is 5.69 Å². The van der Waals surface area contributed by atoms with Crippen molar-refractivity contribution in [3.63, 3.8) is 0 Å². The first-order chi connectivity index (χ1) is 17.1. The number of hydrogen-bond donors (Lipinski definition) is 0. The van der Waals surface area contributed by atoms with Gasteiger partial charge in [0.2, 0.25) is 0 Å². The van der Waals surface area contributed by atoms with Gasteiger partial charge in [-0.15, -0.1) is 0 Å². The third-order valence-electron chi connectivity index (χ3n) is 7.84. The molecule has 0 radical (unpaired) electrons. The highest BCUT2D eigenvalue weighted by Crippen LogP contribution is 2.40. The normalized spacial score (nSPS) is 27.1. The maximum Gasteiger partial charge on any atom is 0.173 e. The van der Waals surface area contributed by atoms with Crippen LogP contribution in [0.5, 0.6) is 5.75 Å². The maximum absolute atomic E-state index is 13.3. The lowest BCUT2D eigenvalue weighted by Crippen LogP contribution is -2.49. The van der Waals surface area contributed by atoms with Crippen molar-refractivity contribution in [3.8, 4) is 5.75 Å². The molecule has 5 rings (SSSR count). The maximum atomic E-state index is 13.3.